The minimum Gasteiger partial charge on any atom is -0.281 e. The average Bonchev–Trinajstić information content (AvgIpc) is 2.69. The SMILES string of the molecule is CCC(CC)[SiH2]n1nnc2ccccc21. The molecule has 0 aliphatic heterocycles. The highest BCUT2D eigenvalue weighted by Crippen LogP contribution is 2.16. The van der Waals surface area contributed by atoms with Crippen molar-refractivity contribution in [2.75, 3.05) is 0 Å². The Hall–Kier alpha value is -1.16. The number of fused-ring (bicyclic) bond motifs is 1. The van der Waals surface area contributed by atoms with Crippen molar-refractivity contribution in [2.24, 2.45) is 0 Å². The Bertz CT molecular complexity index is 434. The summed E-state index contributed by atoms with van der Waals surface area (Å²) in [6.45, 7) is 4.53. The molecular weight excluding hydrogens is 202 g/mol. The first-order valence-electron chi connectivity index (χ1n) is 5.63. The molecule has 0 amide bonds. The fourth-order valence-electron chi connectivity index (χ4n) is 1.84. The zero-order valence-corrected chi connectivity index (χ0v) is 10.8. The van der Waals surface area contributed by atoms with E-state index in [1.165, 1.54) is 18.4 Å². The highest BCUT2D eigenvalue weighted by Gasteiger charge is 2.09. The zero-order valence-electron chi connectivity index (χ0n) is 9.35. The van der Waals surface area contributed by atoms with Gasteiger partial charge in [-0.05, 0) is 17.7 Å². The van der Waals surface area contributed by atoms with Gasteiger partial charge in [-0.25, -0.2) is 0 Å². The van der Waals surface area contributed by atoms with Gasteiger partial charge in [-0.3, -0.25) is 4.35 Å². The van der Waals surface area contributed by atoms with E-state index in [0.717, 1.165) is 11.1 Å². The van der Waals surface area contributed by atoms with Gasteiger partial charge in [-0.15, -0.1) is 5.10 Å². The van der Waals surface area contributed by atoms with Gasteiger partial charge in [0.2, 0.25) is 0 Å². The highest BCUT2D eigenvalue weighted by atomic mass is 28.2. The van der Waals surface area contributed by atoms with Crippen LogP contribution in [0.2, 0.25) is 5.54 Å². The molecule has 0 bridgehead atoms. The predicted molar refractivity (Wildman–Crippen MR) is 65.8 cm³/mol. The van der Waals surface area contributed by atoms with Gasteiger partial charge in [0.15, 0.2) is 9.68 Å². The van der Waals surface area contributed by atoms with Gasteiger partial charge < -0.3 is 0 Å². The number of hydrogen-bond donors (Lipinski definition) is 0. The van der Waals surface area contributed by atoms with Crippen LogP contribution in [0.1, 0.15) is 26.7 Å². The summed E-state index contributed by atoms with van der Waals surface area (Å²) in [5.41, 5.74) is 3.07. The van der Waals surface area contributed by atoms with Crippen LogP contribution in [0, 0.1) is 0 Å². The summed E-state index contributed by atoms with van der Waals surface area (Å²) in [6, 6.07) is 8.22. The molecule has 0 aliphatic rings. The Morgan fingerprint density at radius 3 is 2.73 bits per heavy atom. The largest absolute Gasteiger partial charge is 0.281 e. The summed E-state index contributed by atoms with van der Waals surface area (Å²) >= 11 is 0. The predicted octanol–water partition coefficient (Wildman–Crippen LogP) is 1.97. The van der Waals surface area contributed by atoms with Crippen LogP contribution in [-0.2, 0) is 0 Å². The van der Waals surface area contributed by atoms with Crippen molar-refractivity contribution in [1.29, 1.82) is 0 Å². The zero-order chi connectivity index (χ0) is 10.7. The fourth-order valence-corrected chi connectivity index (χ4v) is 3.45. The quantitative estimate of drug-likeness (QED) is 0.736. The van der Waals surface area contributed by atoms with Crippen molar-refractivity contribution in [3.8, 4) is 0 Å². The monoisotopic (exact) mass is 219 g/mol. The molecule has 0 atom stereocenters. The first-order valence-corrected chi connectivity index (χ1v) is 7.08. The molecule has 1 aromatic carbocycles. The lowest BCUT2D eigenvalue weighted by Gasteiger charge is -2.10. The van der Waals surface area contributed by atoms with Crippen LogP contribution in [0.5, 0.6) is 0 Å². The van der Waals surface area contributed by atoms with E-state index in [0.29, 0.717) is 0 Å². The number of benzene rings is 1. The molecule has 3 nitrogen and oxygen atoms in total. The molecule has 80 valence electrons. The van der Waals surface area contributed by atoms with Gasteiger partial charge in [-0.1, -0.05) is 44.0 Å². The Morgan fingerprint density at radius 1 is 1.27 bits per heavy atom. The number of para-hydroxylation sites is 1. The Kier molecular flexibility index (Phi) is 3.16. The van der Waals surface area contributed by atoms with Crippen molar-refractivity contribution in [1.82, 2.24) is 14.7 Å². The topological polar surface area (TPSA) is 30.7 Å². The first-order chi connectivity index (χ1) is 7.35. The van der Waals surface area contributed by atoms with Gasteiger partial charge in [0.25, 0.3) is 0 Å². The second kappa shape index (κ2) is 4.57. The number of hydrogen-bond acceptors (Lipinski definition) is 2. The van der Waals surface area contributed by atoms with Crippen LogP contribution in [0.4, 0.5) is 0 Å². The lowest BCUT2D eigenvalue weighted by molar-refractivity contribution is 0.735. The van der Waals surface area contributed by atoms with E-state index in [-0.39, 0.29) is 9.68 Å². The van der Waals surface area contributed by atoms with Crippen LogP contribution >= 0.6 is 0 Å². The molecule has 0 unspecified atom stereocenters. The lowest BCUT2D eigenvalue weighted by Crippen LogP contribution is -2.14. The molecule has 2 rings (SSSR count). The third kappa shape index (κ3) is 2.09. The maximum Gasteiger partial charge on any atom is 0.160 e. The van der Waals surface area contributed by atoms with E-state index >= 15 is 0 Å². The minimum absolute atomic E-state index is 0.334. The second-order valence-corrected chi connectivity index (χ2v) is 6.06. The summed E-state index contributed by atoms with van der Waals surface area (Å²) in [7, 11) is -0.334. The molecule has 4 heteroatoms. The third-order valence-electron chi connectivity index (χ3n) is 3.01. The van der Waals surface area contributed by atoms with Gasteiger partial charge >= 0.3 is 0 Å². The molecule has 0 saturated carbocycles. The standard InChI is InChI=1S/C11H17N3Si/c1-3-9(4-2)15-14-11-8-6-5-7-10(11)12-13-14/h5-9H,3-4,15H2,1-2H3. The van der Waals surface area contributed by atoms with Crippen LogP contribution < -0.4 is 0 Å². The lowest BCUT2D eigenvalue weighted by atomic mass is 10.3. The Labute approximate surface area is 92.4 Å². The fraction of sp³-hybridized carbons (Fsp3) is 0.455. The molecule has 0 N–H and O–H groups in total. The second-order valence-electron chi connectivity index (χ2n) is 3.94. The summed E-state index contributed by atoms with van der Waals surface area (Å²) in [5, 5.41) is 8.45. The molecule has 2 aromatic rings. The van der Waals surface area contributed by atoms with Gasteiger partial charge in [0, 0.05) is 0 Å². The van der Waals surface area contributed by atoms with Gasteiger partial charge in [0.05, 0.1) is 5.52 Å². The van der Waals surface area contributed by atoms with Crippen molar-refractivity contribution in [3.63, 3.8) is 0 Å². The molecule has 15 heavy (non-hydrogen) atoms. The summed E-state index contributed by atoms with van der Waals surface area (Å²) in [5.74, 6) is 0. The summed E-state index contributed by atoms with van der Waals surface area (Å²) in [4.78, 5) is 0. The highest BCUT2D eigenvalue weighted by molar-refractivity contribution is 6.36. The maximum atomic E-state index is 4.26. The molecule has 0 radical (unpaired) electrons. The summed E-state index contributed by atoms with van der Waals surface area (Å²) in [6.07, 6.45) is 2.52. The van der Waals surface area contributed by atoms with Crippen LogP contribution in [0.3, 0.4) is 0 Å². The smallest absolute Gasteiger partial charge is 0.160 e. The number of aromatic nitrogens is 3. The van der Waals surface area contributed by atoms with E-state index in [4.69, 9.17) is 0 Å². The molecule has 1 heterocycles. The van der Waals surface area contributed by atoms with Crippen LogP contribution in [0.15, 0.2) is 24.3 Å². The molecular formula is C11H17N3Si. The minimum atomic E-state index is -0.334. The van der Waals surface area contributed by atoms with E-state index < -0.39 is 0 Å². The molecule has 0 fully saturated rings. The third-order valence-corrected chi connectivity index (χ3v) is 5.49. The maximum absolute atomic E-state index is 4.26. The van der Waals surface area contributed by atoms with E-state index in [1.54, 1.807) is 0 Å². The Morgan fingerprint density at radius 2 is 2.00 bits per heavy atom. The van der Waals surface area contributed by atoms with Crippen LogP contribution in [-0.4, -0.2) is 24.3 Å². The van der Waals surface area contributed by atoms with Crippen molar-refractivity contribution < 1.29 is 0 Å². The van der Waals surface area contributed by atoms with Gasteiger partial charge in [-0.2, -0.15) is 0 Å². The number of nitrogens with zero attached hydrogens (tertiary/aromatic N) is 3. The number of rotatable bonds is 4. The molecule has 0 spiro atoms. The molecule has 0 saturated heterocycles. The van der Waals surface area contributed by atoms with Gasteiger partial charge in [0.1, 0.15) is 5.52 Å². The molecule has 1 aromatic heterocycles. The Balaban J connectivity index is 2.28. The van der Waals surface area contributed by atoms with Crippen molar-refractivity contribution in [2.45, 2.75) is 32.2 Å². The van der Waals surface area contributed by atoms with Crippen molar-refractivity contribution >= 4 is 20.7 Å². The van der Waals surface area contributed by atoms with Crippen molar-refractivity contribution in [3.05, 3.63) is 24.3 Å². The average molecular weight is 219 g/mol. The molecule has 0 aliphatic carbocycles. The summed E-state index contributed by atoms with van der Waals surface area (Å²) < 4.78 is 2.16. The van der Waals surface area contributed by atoms with E-state index in [9.17, 15) is 0 Å². The van der Waals surface area contributed by atoms with E-state index in [1.807, 2.05) is 12.1 Å². The normalized spacial score (nSPS) is 12.2. The first kappa shape index (κ1) is 10.4. The van der Waals surface area contributed by atoms with Crippen LogP contribution in [0.25, 0.3) is 11.0 Å². The van der Waals surface area contributed by atoms with E-state index in [2.05, 4.69) is 40.6 Å².